The lowest BCUT2D eigenvalue weighted by molar-refractivity contribution is -0.155. The molecule has 0 saturated heterocycles. The first kappa shape index (κ1) is 30.6. The van der Waals surface area contributed by atoms with Gasteiger partial charge in [0.25, 0.3) is 0 Å². The largest absolute Gasteiger partial charge is 0.461 e. The average Bonchev–Trinajstić information content (AvgIpc) is 3.66. The standard InChI is InChI=1S/C27H44N7O5P/c1-18(14-34-16-31-21-22(28)29-15-30-23(21)34)37-17-40(32-26(2,3)24(35)38-19-10-6-7-11-19)33-27(4,5)25(36)39-20-12-8-9-13-20/h15-16,18-20,32-33H,6-14,17H2,1-5H3,(H2,28,29,30). The van der Waals surface area contributed by atoms with E-state index in [0.717, 1.165) is 51.4 Å². The number of nitrogens with two attached hydrogens (primary N) is 1. The number of hydrogen-bond donors (Lipinski definition) is 3. The van der Waals surface area contributed by atoms with Gasteiger partial charge < -0.3 is 24.5 Å². The molecule has 0 aromatic carbocycles. The molecule has 1 atom stereocenters. The molecule has 13 heteroatoms. The second-order valence-electron chi connectivity index (χ2n) is 12.0. The highest BCUT2D eigenvalue weighted by Gasteiger charge is 2.39. The Morgan fingerprint density at radius 2 is 1.50 bits per heavy atom. The molecule has 0 bridgehead atoms. The molecule has 2 aliphatic carbocycles. The number of fused-ring (bicyclic) bond motifs is 1. The maximum absolute atomic E-state index is 13.1. The maximum atomic E-state index is 13.1. The zero-order chi connectivity index (χ0) is 28.9. The monoisotopic (exact) mass is 577 g/mol. The Morgan fingerprint density at radius 3 is 2.02 bits per heavy atom. The number of nitrogen functional groups attached to an aromatic ring is 1. The molecule has 2 fully saturated rings. The lowest BCUT2D eigenvalue weighted by Crippen LogP contribution is -2.53. The number of carbonyl (C=O) groups excluding carboxylic acids is 2. The summed E-state index contributed by atoms with van der Waals surface area (Å²) in [6.07, 6.45) is 10.9. The summed E-state index contributed by atoms with van der Waals surface area (Å²) < 4.78 is 19.7. The van der Waals surface area contributed by atoms with Gasteiger partial charge in [-0.15, -0.1) is 0 Å². The first-order chi connectivity index (χ1) is 18.9. The fourth-order valence-electron chi connectivity index (χ4n) is 5.03. The van der Waals surface area contributed by atoms with E-state index in [4.69, 9.17) is 19.9 Å². The highest BCUT2D eigenvalue weighted by atomic mass is 31.1. The fourth-order valence-corrected chi connectivity index (χ4v) is 7.15. The Balaban J connectivity index is 1.42. The Morgan fingerprint density at radius 1 is 0.975 bits per heavy atom. The van der Waals surface area contributed by atoms with Gasteiger partial charge in [-0.2, -0.15) is 0 Å². The van der Waals surface area contributed by atoms with Crippen molar-refractivity contribution in [1.82, 2.24) is 29.7 Å². The van der Waals surface area contributed by atoms with Crippen LogP contribution in [0.3, 0.4) is 0 Å². The molecule has 0 amide bonds. The van der Waals surface area contributed by atoms with Crippen molar-refractivity contribution in [2.45, 2.75) is 122 Å². The second kappa shape index (κ2) is 13.1. The van der Waals surface area contributed by atoms with Gasteiger partial charge in [-0.1, -0.05) is 0 Å². The number of nitrogens with zero attached hydrogens (tertiary/aromatic N) is 4. The Hall–Kier alpha value is -2.40. The number of rotatable bonds is 13. The van der Waals surface area contributed by atoms with Crippen molar-refractivity contribution in [3.05, 3.63) is 12.7 Å². The molecule has 0 radical (unpaired) electrons. The molecule has 4 N–H and O–H groups in total. The van der Waals surface area contributed by atoms with Gasteiger partial charge >= 0.3 is 11.9 Å². The molecule has 12 nitrogen and oxygen atoms in total. The van der Waals surface area contributed by atoms with Crippen molar-refractivity contribution >= 4 is 37.1 Å². The number of esters is 2. The number of carbonyl (C=O) groups is 2. The molecule has 1 unspecified atom stereocenters. The van der Waals surface area contributed by atoms with E-state index in [1.807, 2.05) is 11.5 Å². The summed E-state index contributed by atoms with van der Waals surface area (Å²) in [4.78, 5) is 38.9. The minimum atomic E-state index is -1.37. The molecular formula is C27H44N7O5P. The number of hydrogen-bond acceptors (Lipinski definition) is 11. The molecule has 40 heavy (non-hydrogen) atoms. The van der Waals surface area contributed by atoms with Crippen LogP contribution in [0.25, 0.3) is 11.2 Å². The van der Waals surface area contributed by atoms with Crippen LogP contribution in [-0.2, 0) is 30.3 Å². The Labute approximate surface area is 237 Å². The van der Waals surface area contributed by atoms with Crippen LogP contribution in [0.4, 0.5) is 5.82 Å². The van der Waals surface area contributed by atoms with Gasteiger partial charge in [0.2, 0.25) is 0 Å². The van der Waals surface area contributed by atoms with Crippen LogP contribution in [0.2, 0.25) is 0 Å². The molecular weight excluding hydrogens is 533 g/mol. The van der Waals surface area contributed by atoms with Crippen LogP contribution in [0.5, 0.6) is 0 Å². The number of imidazole rings is 1. The van der Waals surface area contributed by atoms with Gasteiger partial charge in [0.15, 0.2) is 11.5 Å². The van der Waals surface area contributed by atoms with E-state index in [0.29, 0.717) is 23.5 Å². The van der Waals surface area contributed by atoms with E-state index in [-0.39, 0.29) is 36.6 Å². The van der Waals surface area contributed by atoms with E-state index in [1.54, 1.807) is 34.0 Å². The summed E-state index contributed by atoms with van der Waals surface area (Å²) in [5, 5.41) is 6.83. The summed E-state index contributed by atoms with van der Waals surface area (Å²) in [6.45, 7) is 9.64. The maximum Gasteiger partial charge on any atom is 0.326 e. The van der Waals surface area contributed by atoms with E-state index in [1.165, 1.54) is 6.33 Å². The minimum Gasteiger partial charge on any atom is -0.461 e. The van der Waals surface area contributed by atoms with Gasteiger partial charge in [-0.25, -0.2) is 15.0 Å². The third-order valence-corrected chi connectivity index (χ3v) is 9.44. The smallest absolute Gasteiger partial charge is 0.326 e. The van der Waals surface area contributed by atoms with Gasteiger partial charge in [0.05, 0.1) is 33.5 Å². The van der Waals surface area contributed by atoms with Crippen molar-refractivity contribution in [3.8, 4) is 0 Å². The molecule has 2 heterocycles. The number of aromatic nitrogens is 4. The molecule has 2 saturated carbocycles. The Bertz CT molecular complexity index is 1120. The van der Waals surface area contributed by atoms with Crippen molar-refractivity contribution < 1.29 is 23.8 Å². The third kappa shape index (κ3) is 7.87. The van der Waals surface area contributed by atoms with Crippen molar-refractivity contribution in [2.75, 3.05) is 12.1 Å². The van der Waals surface area contributed by atoms with Crippen molar-refractivity contribution in [2.24, 2.45) is 0 Å². The zero-order valence-electron chi connectivity index (χ0n) is 24.3. The van der Waals surface area contributed by atoms with E-state index >= 15 is 0 Å². The third-order valence-electron chi connectivity index (χ3n) is 7.37. The summed E-state index contributed by atoms with van der Waals surface area (Å²) in [6, 6.07) is 0. The summed E-state index contributed by atoms with van der Waals surface area (Å²) in [7, 11) is -1.37. The highest BCUT2D eigenvalue weighted by Crippen LogP contribution is 2.35. The normalized spacial score (nSPS) is 18.1. The molecule has 0 spiro atoms. The summed E-state index contributed by atoms with van der Waals surface area (Å²) in [5.41, 5.74) is 5.12. The van der Waals surface area contributed by atoms with Crippen molar-refractivity contribution in [3.63, 3.8) is 0 Å². The van der Waals surface area contributed by atoms with Crippen LogP contribution in [-0.4, -0.2) is 67.2 Å². The van der Waals surface area contributed by atoms with Gasteiger partial charge in [-0.3, -0.25) is 19.8 Å². The lowest BCUT2D eigenvalue weighted by Gasteiger charge is -2.36. The van der Waals surface area contributed by atoms with Crippen LogP contribution in [0.1, 0.15) is 86.0 Å². The Kier molecular flexibility index (Phi) is 9.98. The molecule has 2 aromatic rings. The predicted molar refractivity (Wildman–Crippen MR) is 153 cm³/mol. The van der Waals surface area contributed by atoms with Gasteiger partial charge in [0.1, 0.15) is 35.1 Å². The highest BCUT2D eigenvalue weighted by molar-refractivity contribution is 7.53. The summed E-state index contributed by atoms with van der Waals surface area (Å²) in [5.74, 6) is -0.293. The zero-order valence-corrected chi connectivity index (χ0v) is 25.2. The number of nitrogens with one attached hydrogen (secondary N) is 2. The first-order valence-corrected chi connectivity index (χ1v) is 15.8. The van der Waals surface area contributed by atoms with E-state index in [9.17, 15) is 9.59 Å². The quantitative estimate of drug-likeness (QED) is 0.235. The summed E-state index contributed by atoms with van der Waals surface area (Å²) >= 11 is 0. The predicted octanol–water partition coefficient (Wildman–Crippen LogP) is 3.79. The number of ether oxygens (including phenoxy) is 3. The number of anilines is 1. The first-order valence-electron chi connectivity index (χ1n) is 14.2. The van der Waals surface area contributed by atoms with E-state index < -0.39 is 19.3 Å². The van der Waals surface area contributed by atoms with Gasteiger partial charge in [-0.05, 0) is 86.0 Å². The van der Waals surface area contributed by atoms with Gasteiger partial charge in [0, 0.05) is 0 Å². The molecule has 2 aromatic heterocycles. The SMILES string of the molecule is CC(Cn1cnc2c(N)ncnc21)OCP(NC(C)(C)C(=O)OC1CCCC1)NC(C)(C)C(=O)OC1CCCC1. The minimum absolute atomic E-state index is 0.0373. The molecule has 0 aliphatic heterocycles. The second-order valence-corrected chi connectivity index (χ2v) is 13.5. The van der Waals surface area contributed by atoms with E-state index in [2.05, 4.69) is 25.1 Å². The lowest BCUT2D eigenvalue weighted by atomic mass is 10.1. The molecule has 2 aliphatic rings. The van der Waals surface area contributed by atoms with Crippen LogP contribution < -0.4 is 15.9 Å². The topological polar surface area (TPSA) is 156 Å². The average molecular weight is 578 g/mol. The van der Waals surface area contributed by atoms with Crippen molar-refractivity contribution in [1.29, 1.82) is 0 Å². The molecule has 4 rings (SSSR count). The van der Waals surface area contributed by atoms with Crippen LogP contribution >= 0.6 is 8.22 Å². The fraction of sp³-hybridized carbons (Fsp3) is 0.741. The van der Waals surface area contributed by atoms with Crippen LogP contribution in [0.15, 0.2) is 12.7 Å². The molecule has 222 valence electrons. The van der Waals surface area contributed by atoms with Crippen LogP contribution in [0, 0.1) is 0 Å².